The molecule has 6 nitrogen and oxygen atoms in total. The van der Waals surface area contributed by atoms with Crippen LogP contribution in [-0.4, -0.2) is 31.4 Å². The van der Waals surface area contributed by atoms with E-state index in [2.05, 4.69) is 65.2 Å². The molecule has 2 aromatic heterocycles. The standard InChI is InChI=1S/C25H25N5OS2/c1-5-11-30-23(20-8-6-7-16(2)12-20)28-29-25(30)33-15-22(31)27-24-26-21(14-32-24)19-10-9-17(3)18(4)13-19/h5-10,12-14H,1,11,15H2,2-4H3,(H,26,27,31). The van der Waals surface area contributed by atoms with Crippen LogP contribution < -0.4 is 5.32 Å². The van der Waals surface area contributed by atoms with Crippen LogP contribution in [0.4, 0.5) is 5.13 Å². The SMILES string of the molecule is C=CCn1c(SCC(=O)Nc2nc(-c3ccc(C)c(C)c3)cs2)nnc1-c1cccc(C)c1. The Bertz CT molecular complexity index is 1310. The van der Waals surface area contributed by atoms with Crippen molar-refractivity contribution in [3.63, 3.8) is 0 Å². The molecule has 0 unspecified atom stereocenters. The van der Waals surface area contributed by atoms with Crippen molar-refractivity contribution in [3.05, 3.63) is 77.2 Å². The summed E-state index contributed by atoms with van der Waals surface area (Å²) in [6.45, 7) is 10.6. The normalized spacial score (nSPS) is 10.9. The summed E-state index contributed by atoms with van der Waals surface area (Å²) in [5.41, 5.74) is 6.51. The lowest BCUT2D eigenvalue weighted by Gasteiger charge is -2.08. The van der Waals surface area contributed by atoms with Crippen molar-refractivity contribution in [2.24, 2.45) is 0 Å². The molecular weight excluding hydrogens is 450 g/mol. The zero-order chi connectivity index (χ0) is 23.4. The molecule has 33 heavy (non-hydrogen) atoms. The van der Waals surface area contributed by atoms with E-state index in [1.165, 1.54) is 34.2 Å². The number of carbonyl (C=O) groups is 1. The molecule has 4 aromatic rings. The highest BCUT2D eigenvalue weighted by molar-refractivity contribution is 7.99. The number of hydrogen-bond donors (Lipinski definition) is 1. The molecule has 0 atom stereocenters. The van der Waals surface area contributed by atoms with Gasteiger partial charge >= 0.3 is 0 Å². The van der Waals surface area contributed by atoms with Gasteiger partial charge in [0.25, 0.3) is 0 Å². The van der Waals surface area contributed by atoms with E-state index in [-0.39, 0.29) is 11.7 Å². The molecule has 0 fully saturated rings. The lowest BCUT2D eigenvalue weighted by atomic mass is 10.1. The van der Waals surface area contributed by atoms with Crippen molar-refractivity contribution in [3.8, 4) is 22.6 Å². The van der Waals surface area contributed by atoms with E-state index in [1.807, 2.05) is 35.1 Å². The van der Waals surface area contributed by atoms with Crippen LogP contribution in [0, 0.1) is 20.8 Å². The fourth-order valence-corrected chi connectivity index (χ4v) is 4.82. The van der Waals surface area contributed by atoms with Gasteiger partial charge in [0.05, 0.1) is 11.4 Å². The number of nitrogens with one attached hydrogen (secondary N) is 1. The minimum atomic E-state index is -0.133. The fraction of sp³-hybridized carbons (Fsp3) is 0.200. The largest absolute Gasteiger partial charge is 0.301 e. The lowest BCUT2D eigenvalue weighted by molar-refractivity contribution is -0.113. The number of hydrogen-bond acceptors (Lipinski definition) is 6. The zero-order valence-electron chi connectivity index (χ0n) is 18.8. The number of nitrogens with zero attached hydrogens (tertiary/aromatic N) is 4. The van der Waals surface area contributed by atoms with E-state index in [0.717, 1.165) is 28.2 Å². The molecule has 0 spiro atoms. The first-order valence-electron chi connectivity index (χ1n) is 10.5. The molecule has 1 N–H and O–H groups in total. The third kappa shape index (κ3) is 5.40. The number of benzene rings is 2. The highest BCUT2D eigenvalue weighted by Gasteiger charge is 2.16. The van der Waals surface area contributed by atoms with Crippen LogP contribution in [0.5, 0.6) is 0 Å². The third-order valence-electron chi connectivity index (χ3n) is 5.19. The average Bonchev–Trinajstić information content (AvgIpc) is 3.42. The second kappa shape index (κ2) is 10.1. The Kier molecular flexibility index (Phi) is 7.05. The van der Waals surface area contributed by atoms with Gasteiger partial charge in [0.15, 0.2) is 16.1 Å². The Morgan fingerprint density at radius 3 is 2.73 bits per heavy atom. The Morgan fingerprint density at radius 1 is 1.12 bits per heavy atom. The van der Waals surface area contributed by atoms with Crippen LogP contribution in [0.1, 0.15) is 16.7 Å². The second-order valence-corrected chi connectivity index (χ2v) is 9.55. The van der Waals surface area contributed by atoms with Crippen LogP contribution in [0.2, 0.25) is 0 Å². The first kappa shape index (κ1) is 22.9. The lowest BCUT2D eigenvalue weighted by Crippen LogP contribution is -2.14. The van der Waals surface area contributed by atoms with Gasteiger partial charge in [-0.25, -0.2) is 4.98 Å². The van der Waals surface area contributed by atoms with Gasteiger partial charge in [-0.05, 0) is 44.0 Å². The van der Waals surface area contributed by atoms with E-state index in [4.69, 9.17) is 0 Å². The first-order chi connectivity index (χ1) is 15.9. The molecule has 168 valence electrons. The van der Waals surface area contributed by atoms with Gasteiger partial charge < -0.3 is 5.32 Å². The molecule has 0 saturated carbocycles. The van der Waals surface area contributed by atoms with E-state index < -0.39 is 0 Å². The maximum Gasteiger partial charge on any atom is 0.236 e. The Morgan fingerprint density at radius 2 is 1.97 bits per heavy atom. The molecule has 0 aliphatic heterocycles. The number of rotatable bonds is 8. The number of thiazole rings is 1. The molecule has 0 bridgehead atoms. The van der Waals surface area contributed by atoms with Crippen molar-refractivity contribution in [1.82, 2.24) is 19.7 Å². The summed E-state index contributed by atoms with van der Waals surface area (Å²) in [6, 6.07) is 14.4. The summed E-state index contributed by atoms with van der Waals surface area (Å²) in [5.74, 6) is 0.840. The van der Waals surface area contributed by atoms with Gasteiger partial charge in [-0.3, -0.25) is 9.36 Å². The molecule has 1 amide bonds. The number of anilines is 1. The molecule has 0 radical (unpaired) electrons. The second-order valence-electron chi connectivity index (χ2n) is 7.75. The number of carbonyl (C=O) groups excluding carboxylic acids is 1. The van der Waals surface area contributed by atoms with Crippen molar-refractivity contribution < 1.29 is 4.79 Å². The van der Waals surface area contributed by atoms with Crippen molar-refractivity contribution in [2.45, 2.75) is 32.5 Å². The molecule has 8 heteroatoms. The van der Waals surface area contributed by atoms with Gasteiger partial charge in [0.1, 0.15) is 0 Å². The van der Waals surface area contributed by atoms with Crippen LogP contribution in [-0.2, 0) is 11.3 Å². The third-order valence-corrected chi connectivity index (χ3v) is 6.91. The summed E-state index contributed by atoms with van der Waals surface area (Å²) < 4.78 is 1.97. The summed E-state index contributed by atoms with van der Waals surface area (Å²) in [4.78, 5) is 17.2. The number of aryl methyl sites for hydroxylation is 3. The molecule has 2 aromatic carbocycles. The number of allylic oxidation sites excluding steroid dienone is 1. The molecule has 0 saturated heterocycles. The highest BCUT2D eigenvalue weighted by Crippen LogP contribution is 2.28. The maximum absolute atomic E-state index is 12.6. The van der Waals surface area contributed by atoms with E-state index in [9.17, 15) is 4.79 Å². The van der Waals surface area contributed by atoms with Crippen LogP contribution >= 0.6 is 23.1 Å². The molecular formula is C25H25N5OS2. The van der Waals surface area contributed by atoms with Gasteiger partial charge in [-0.1, -0.05) is 53.7 Å². The van der Waals surface area contributed by atoms with Crippen LogP contribution in [0.3, 0.4) is 0 Å². The van der Waals surface area contributed by atoms with E-state index >= 15 is 0 Å². The van der Waals surface area contributed by atoms with Gasteiger partial charge in [-0.15, -0.1) is 28.1 Å². The molecule has 2 heterocycles. The summed E-state index contributed by atoms with van der Waals surface area (Å²) in [7, 11) is 0. The van der Waals surface area contributed by atoms with Gasteiger partial charge in [-0.2, -0.15) is 0 Å². The Hall–Kier alpha value is -3.23. The average molecular weight is 476 g/mol. The van der Waals surface area contributed by atoms with Crippen molar-refractivity contribution in [2.75, 3.05) is 11.1 Å². The highest BCUT2D eigenvalue weighted by atomic mass is 32.2. The first-order valence-corrected chi connectivity index (χ1v) is 12.4. The van der Waals surface area contributed by atoms with Gasteiger partial charge in [0.2, 0.25) is 5.91 Å². The predicted octanol–water partition coefficient (Wildman–Crippen LogP) is 5.91. The molecule has 4 rings (SSSR count). The maximum atomic E-state index is 12.6. The number of amides is 1. The predicted molar refractivity (Wildman–Crippen MR) is 137 cm³/mol. The van der Waals surface area contributed by atoms with Crippen LogP contribution in [0.15, 0.2) is 65.7 Å². The minimum absolute atomic E-state index is 0.133. The summed E-state index contributed by atoms with van der Waals surface area (Å²) in [6.07, 6.45) is 1.80. The zero-order valence-corrected chi connectivity index (χ0v) is 20.5. The van der Waals surface area contributed by atoms with Crippen LogP contribution in [0.25, 0.3) is 22.6 Å². The van der Waals surface area contributed by atoms with Crippen molar-refractivity contribution in [1.29, 1.82) is 0 Å². The summed E-state index contributed by atoms with van der Waals surface area (Å²) >= 11 is 2.77. The summed E-state index contributed by atoms with van der Waals surface area (Å²) in [5, 5.41) is 14.8. The Balaban J connectivity index is 1.42. The number of thioether (sulfide) groups is 1. The topological polar surface area (TPSA) is 72.7 Å². The fourth-order valence-electron chi connectivity index (χ4n) is 3.34. The monoisotopic (exact) mass is 475 g/mol. The van der Waals surface area contributed by atoms with Gasteiger partial charge in [0, 0.05) is 23.1 Å². The smallest absolute Gasteiger partial charge is 0.236 e. The minimum Gasteiger partial charge on any atom is -0.301 e. The quantitative estimate of drug-likeness (QED) is 0.253. The van der Waals surface area contributed by atoms with Crippen molar-refractivity contribution >= 4 is 34.1 Å². The Labute approximate surface area is 201 Å². The molecule has 0 aliphatic rings. The van der Waals surface area contributed by atoms with E-state index in [0.29, 0.717) is 16.8 Å². The number of aromatic nitrogens is 4. The van der Waals surface area contributed by atoms with E-state index in [1.54, 1.807) is 6.08 Å². The molecule has 0 aliphatic carbocycles.